The number of hydrogen-bond acceptors (Lipinski definition) is 6. The molecule has 8 heteroatoms. The number of ether oxygens (including phenoxy) is 1. The van der Waals surface area contributed by atoms with Gasteiger partial charge in [-0.25, -0.2) is 4.79 Å². The summed E-state index contributed by atoms with van der Waals surface area (Å²) < 4.78 is 4.83. The first-order chi connectivity index (χ1) is 12.5. The highest BCUT2D eigenvalue weighted by Crippen LogP contribution is 2.05. The molecule has 1 aromatic carbocycles. The van der Waals surface area contributed by atoms with Gasteiger partial charge in [0.25, 0.3) is 0 Å². The molecule has 0 fully saturated rings. The Balaban J connectivity index is 2.27. The minimum atomic E-state index is -0.314. The van der Waals surface area contributed by atoms with Crippen LogP contribution in [0.2, 0.25) is 0 Å². The zero-order valence-electron chi connectivity index (χ0n) is 15.4. The number of esters is 1. The number of rotatable bonds is 11. The lowest BCUT2D eigenvalue weighted by molar-refractivity contribution is -0.155. The summed E-state index contributed by atoms with van der Waals surface area (Å²) in [5.74, 6) is -0.311. The van der Waals surface area contributed by atoms with Crippen molar-refractivity contribution in [2.24, 2.45) is 0 Å². The van der Waals surface area contributed by atoms with E-state index in [0.29, 0.717) is 31.1 Å². The number of hydrogen-bond donors (Lipinski definition) is 3. The van der Waals surface area contributed by atoms with Crippen LogP contribution < -0.4 is 16.4 Å². The van der Waals surface area contributed by atoms with Crippen molar-refractivity contribution in [3.63, 3.8) is 0 Å². The Morgan fingerprint density at radius 1 is 1.19 bits per heavy atom. The monoisotopic (exact) mass is 364 g/mol. The van der Waals surface area contributed by atoms with Gasteiger partial charge in [-0.2, -0.15) is 0 Å². The Labute approximate surface area is 154 Å². The molecule has 4 N–H and O–H groups in total. The molecule has 0 bridgehead atoms. The molecule has 144 valence electrons. The average Bonchev–Trinajstić information content (AvgIpc) is 2.63. The van der Waals surface area contributed by atoms with Gasteiger partial charge < -0.3 is 21.1 Å². The molecule has 8 nitrogen and oxygen atoms in total. The van der Waals surface area contributed by atoms with Crippen molar-refractivity contribution in [3.05, 3.63) is 42.1 Å². The first-order valence-corrected chi connectivity index (χ1v) is 8.56. The Morgan fingerprint density at radius 2 is 1.88 bits per heavy atom. The van der Waals surface area contributed by atoms with Crippen LogP contribution in [-0.2, 0) is 20.9 Å². The van der Waals surface area contributed by atoms with Crippen molar-refractivity contribution in [1.29, 1.82) is 0 Å². The number of anilines is 1. The van der Waals surface area contributed by atoms with E-state index in [-0.39, 0.29) is 31.6 Å². The van der Waals surface area contributed by atoms with E-state index in [1.807, 2.05) is 19.1 Å². The molecule has 0 aliphatic heterocycles. The number of urea groups is 1. The molecular weight excluding hydrogens is 336 g/mol. The van der Waals surface area contributed by atoms with Crippen molar-refractivity contribution in [3.8, 4) is 0 Å². The van der Waals surface area contributed by atoms with Gasteiger partial charge in [0.1, 0.15) is 0 Å². The van der Waals surface area contributed by atoms with Gasteiger partial charge >= 0.3 is 12.0 Å². The van der Waals surface area contributed by atoms with Crippen LogP contribution in [0.25, 0.3) is 0 Å². The molecule has 0 spiro atoms. The van der Waals surface area contributed by atoms with Gasteiger partial charge in [0, 0.05) is 18.8 Å². The number of hydroxylamine groups is 2. The predicted molar refractivity (Wildman–Crippen MR) is 99.8 cm³/mol. The maximum Gasteiger partial charge on any atom is 0.315 e. The van der Waals surface area contributed by atoms with Crippen molar-refractivity contribution in [2.45, 2.75) is 26.8 Å². The van der Waals surface area contributed by atoms with Crippen LogP contribution in [0, 0.1) is 0 Å². The second-order valence-corrected chi connectivity index (χ2v) is 5.43. The lowest BCUT2D eigenvalue weighted by Crippen LogP contribution is -2.39. The van der Waals surface area contributed by atoms with E-state index in [9.17, 15) is 9.59 Å². The SMILES string of the molecule is C=C(CNC(=O)NCc1ccc(N)cc1)N(CC)OCCC(=O)OCC. The smallest absolute Gasteiger partial charge is 0.315 e. The Hall–Kier alpha value is -2.74. The molecule has 26 heavy (non-hydrogen) atoms. The van der Waals surface area contributed by atoms with Gasteiger partial charge in [-0.1, -0.05) is 18.7 Å². The predicted octanol–water partition coefficient (Wildman–Crippen LogP) is 1.79. The van der Waals surface area contributed by atoms with E-state index in [2.05, 4.69) is 17.2 Å². The molecule has 0 heterocycles. The first kappa shape index (κ1) is 21.3. The normalized spacial score (nSPS) is 10.1. The quantitative estimate of drug-likeness (QED) is 0.314. The topological polar surface area (TPSA) is 106 Å². The third-order valence-electron chi connectivity index (χ3n) is 3.38. The highest BCUT2D eigenvalue weighted by atomic mass is 16.7. The fourth-order valence-corrected chi connectivity index (χ4v) is 2.03. The summed E-state index contributed by atoms with van der Waals surface area (Å²) in [6, 6.07) is 6.95. The van der Waals surface area contributed by atoms with Crippen LogP contribution in [0.3, 0.4) is 0 Å². The van der Waals surface area contributed by atoms with E-state index in [4.69, 9.17) is 15.3 Å². The number of carbonyl (C=O) groups is 2. The fourth-order valence-electron chi connectivity index (χ4n) is 2.03. The molecule has 1 aromatic rings. The average molecular weight is 364 g/mol. The summed E-state index contributed by atoms with van der Waals surface area (Å²) >= 11 is 0. The second kappa shape index (κ2) is 11.8. The van der Waals surface area contributed by atoms with Crippen LogP contribution in [-0.4, -0.2) is 43.4 Å². The van der Waals surface area contributed by atoms with Crippen LogP contribution in [0.5, 0.6) is 0 Å². The lowest BCUT2D eigenvalue weighted by Gasteiger charge is -2.24. The zero-order valence-corrected chi connectivity index (χ0v) is 15.4. The lowest BCUT2D eigenvalue weighted by atomic mass is 10.2. The van der Waals surface area contributed by atoms with E-state index < -0.39 is 0 Å². The van der Waals surface area contributed by atoms with E-state index >= 15 is 0 Å². The Morgan fingerprint density at radius 3 is 2.50 bits per heavy atom. The van der Waals surface area contributed by atoms with Gasteiger partial charge in [0.2, 0.25) is 0 Å². The molecule has 0 aromatic heterocycles. The van der Waals surface area contributed by atoms with Gasteiger partial charge in [-0.05, 0) is 31.5 Å². The molecule has 0 radical (unpaired) electrons. The molecule has 0 atom stereocenters. The summed E-state index contributed by atoms with van der Waals surface area (Å²) in [5.41, 5.74) is 7.83. The minimum Gasteiger partial charge on any atom is -0.466 e. The van der Waals surface area contributed by atoms with E-state index in [0.717, 1.165) is 5.56 Å². The van der Waals surface area contributed by atoms with Gasteiger partial charge in [0.15, 0.2) is 0 Å². The minimum absolute atomic E-state index is 0.160. The Kier molecular flexibility index (Phi) is 9.63. The number of nitrogens with two attached hydrogens (primary N) is 1. The summed E-state index contributed by atoms with van der Waals surface area (Å²) in [4.78, 5) is 28.6. The van der Waals surface area contributed by atoms with E-state index in [1.54, 1.807) is 24.1 Å². The van der Waals surface area contributed by atoms with Gasteiger partial charge in [-0.15, -0.1) is 0 Å². The highest BCUT2D eigenvalue weighted by Gasteiger charge is 2.10. The number of nitrogens with one attached hydrogen (secondary N) is 2. The standard InChI is InChI=1S/C18H28N4O4/c1-4-22(26-11-10-17(23)25-5-2)14(3)12-20-18(24)21-13-15-6-8-16(19)9-7-15/h6-9H,3-5,10-13,19H2,1-2H3,(H2,20,21,24). The molecule has 0 saturated heterocycles. The second-order valence-electron chi connectivity index (χ2n) is 5.43. The number of amides is 2. The number of likely N-dealkylation sites (N-methyl/N-ethyl adjacent to an activating group) is 1. The summed E-state index contributed by atoms with van der Waals surface area (Å²) in [5, 5.41) is 7.00. The summed E-state index contributed by atoms with van der Waals surface area (Å²) in [6.45, 7) is 9.22. The molecule has 0 unspecified atom stereocenters. The summed E-state index contributed by atoms with van der Waals surface area (Å²) in [6.07, 6.45) is 0.160. The number of nitrogens with zero attached hydrogens (tertiary/aromatic N) is 1. The van der Waals surface area contributed by atoms with Crippen LogP contribution >= 0.6 is 0 Å². The Bertz CT molecular complexity index is 589. The van der Waals surface area contributed by atoms with Crippen molar-refractivity contribution in [2.75, 3.05) is 32.0 Å². The molecular formula is C18H28N4O4. The first-order valence-electron chi connectivity index (χ1n) is 8.56. The molecule has 1 rings (SSSR count). The van der Waals surface area contributed by atoms with Crippen LogP contribution in [0.1, 0.15) is 25.8 Å². The van der Waals surface area contributed by atoms with Gasteiger partial charge in [0.05, 0.1) is 31.9 Å². The largest absolute Gasteiger partial charge is 0.466 e. The maximum absolute atomic E-state index is 11.9. The molecule has 0 aliphatic carbocycles. The van der Waals surface area contributed by atoms with Crippen LogP contribution in [0.15, 0.2) is 36.5 Å². The highest BCUT2D eigenvalue weighted by molar-refractivity contribution is 5.74. The third kappa shape index (κ3) is 8.39. The van der Waals surface area contributed by atoms with Crippen molar-refractivity contribution >= 4 is 17.7 Å². The van der Waals surface area contributed by atoms with Gasteiger partial charge in [-0.3, -0.25) is 14.7 Å². The molecule has 0 saturated carbocycles. The number of benzene rings is 1. The molecule has 0 aliphatic rings. The number of nitrogen functional groups attached to an aromatic ring is 1. The fraction of sp³-hybridized carbons (Fsp3) is 0.444. The van der Waals surface area contributed by atoms with Crippen molar-refractivity contribution < 1.29 is 19.2 Å². The van der Waals surface area contributed by atoms with Crippen molar-refractivity contribution in [1.82, 2.24) is 15.7 Å². The summed E-state index contributed by atoms with van der Waals surface area (Å²) in [7, 11) is 0. The third-order valence-corrected chi connectivity index (χ3v) is 3.38. The zero-order chi connectivity index (χ0) is 19.4. The molecule has 2 amide bonds. The van der Waals surface area contributed by atoms with E-state index in [1.165, 1.54) is 0 Å². The maximum atomic E-state index is 11.9. The van der Waals surface area contributed by atoms with Crippen LogP contribution in [0.4, 0.5) is 10.5 Å². The number of carbonyl (C=O) groups excluding carboxylic acids is 2.